The number of carbonyl (C=O) groups excluding carboxylic acids is 1. The molecule has 6 heteroatoms. The second kappa shape index (κ2) is 13.8. The molecule has 0 radical (unpaired) electrons. The average molecular weight is 452 g/mol. The Hall–Kier alpha value is -3.54. The normalized spacial score (nSPS) is 10.9. The number of benzene rings is 2. The molecule has 0 heterocycles. The van der Waals surface area contributed by atoms with Crippen molar-refractivity contribution in [3.05, 3.63) is 77.4 Å². The first-order valence-electron chi connectivity index (χ1n) is 11.1. The molecule has 0 aliphatic heterocycles. The van der Waals surface area contributed by atoms with Crippen LogP contribution in [-0.2, 0) is 4.79 Å². The summed E-state index contributed by atoms with van der Waals surface area (Å²) >= 11 is 0. The molecule has 0 aliphatic carbocycles. The van der Waals surface area contributed by atoms with Gasteiger partial charge in [-0.1, -0.05) is 29.4 Å². The first-order valence-corrected chi connectivity index (χ1v) is 11.1. The number of hydrogen-bond donors (Lipinski definition) is 2. The lowest BCUT2D eigenvalue weighted by atomic mass is 10.1. The molecule has 0 atom stereocenters. The molecule has 2 aromatic carbocycles. The number of allylic oxidation sites excluding steroid dienone is 3. The Labute approximate surface area is 195 Å². The number of carbonyl (C=O) groups is 2. The maximum atomic E-state index is 12.7. The van der Waals surface area contributed by atoms with Crippen LogP contribution in [0.25, 0.3) is 0 Å². The molecular weight excluding hydrogens is 418 g/mol. The molecule has 0 unspecified atom stereocenters. The van der Waals surface area contributed by atoms with Gasteiger partial charge in [0.2, 0.25) is 0 Å². The molecule has 176 valence electrons. The van der Waals surface area contributed by atoms with Crippen LogP contribution in [0.3, 0.4) is 0 Å². The predicted molar refractivity (Wildman–Crippen MR) is 131 cm³/mol. The lowest BCUT2D eigenvalue weighted by molar-refractivity contribution is -0.137. The summed E-state index contributed by atoms with van der Waals surface area (Å²) in [5, 5.41) is 11.6. The molecule has 1 amide bonds. The van der Waals surface area contributed by atoms with Crippen molar-refractivity contribution in [3.8, 4) is 11.5 Å². The molecule has 0 aliphatic rings. The number of carboxylic acid groups (broad SMARTS) is 1. The van der Waals surface area contributed by atoms with E-state index in [0.29, 0.717) is 30.0 Å². The molecule has 0 saturated heterocycles. The Morgan fingerprint density at radius 2 is 1.67 bits per heavy atom. The van der Waals surface area contributed by atoms with Crippen molar-refractivity contribution in [1.29, 1.82) is 0 Å². The van der Waals surface area contributed by atoms with Crippen molar-refractivity contribution in [2.45, 2.75) is 46.5 Å². The topological polar surface area (TPSA) is 84.9 Å². The third-order valence-corrected chi connectivity index (χ3v) is 4.81. The van der Waals surface area contributed by atoms with Crippen molar-refractivity contribution >= 4 is 17.6 Å². The van der Waals surface area contributed by atoms with Gasteiger partial charge in [-0.3, -0.25) is 9.59 Å². The fourth-order valence-electron chi connectivity index (χ4n) is 2.99. The minimum atomic E-state index is -0.873. The summed E-state index contributed by atoms with van der Waals surface area (Å²) in [6, 6.07) is 14.1. The molecule has 6 nitrogen and oxygen atoms in total. The van der Waals surface area contributed by atoms with Gasteiger partial charge in [0.25, 0.3) is 5.91 Å². The van der Waals surface area contributed by atoms with Gasteiger partial charge in [-0.25, -0.2) is 0 Å². The number of anilines is 1. The van der Waals surface area contributed by atoms with Crippen molar-refractivity contribution in [2.24, 2.45) is 0 Å². The maximum absolute atomic E-state index is 12.7. The lowest BCUT2D eigenvalue weighted by Crippen LogP contribution is -2.14. The van der Waals surface area contributed by atoms with Crippen molar-refractivity contribution in [2.75, 3.05) is 18.5 Å². The molecule has 2 aromatic rings. The highest BCUT2D eigenvalue weighted by Crippen LogP contribution is 2.21. The summed E-state index contributed by atoms with van der Waals surface area (Å²) < 4.78 is 11.4. The standard InChI is InChI=1S/C27H33NO5/c1-20(2)8-6-9-21(3)17-19-32-23-15-13-22(14-16-23)28-27(31)24-10-4-5-11-25(24)33-18-7-12-26(29)30/h4-5,8,10-11,13-17H,6-7,9,12,18-19H2,1-3H3,(H,28,31)(H,29,30). The van der Waals surface area contributed by atoms with E-state index in [9.17, 15) is 9.59 Å². The van der Waals surface area contributed by atoms with Crippen LogP contribution in [0.1, 0.15) is 56.8 Å². The van der Waals surface area contributed by atoms with Crippen molar-refractivity contribution < 1.29 is 24.2 Å². The van der Waals surface area contributed by atoms with E-state index in [1.54, 1.807) is 36.4 Å². The highest BCUT2D eigenvalue weighted by atomic mass is 16.5. The zero-order valence-corrected chi connectivity index (χ0v) is 19.6. The SMILES string of the molecule is CC(C)=CCCC(C)=CCOc1ccc(NC(=O)c2ccccc2OCCCC(=O)O)cc1. The van der Waals surface area contributed by atoms with Crippen LogP contribution in [0.15, 0.2) is 71.8 Å². The predicted octanol–water partition coefficient (Wildman–Crippen LogP) is 6.25. The lowest BCUT2D eigenvalue weighted by Gasteiger charge is -2.12. The van der Waals surface area contributed by atoms with E-state index in [1.807, 2.05) is 12.1 Å². The highest BCUT2D eigenvalue weighted by molar-refractivity contribution is 6.06. The summed E-state index contributed by atoms with van der Waals surface area (Å²) in [4.78, 5) is 23.3. The largest absolute Gasteiger partial charge is 0.493 e. The third kappa shape index (κ3) is 10.1. The molecule has 2 rings (SSSR count). The van der Waals surface area contributed by atoms with Crippen LogP contribution in [0, 0.1) is 0 Å². The Balaban J connectivity index is 1.86. The molecule has 0 bridgehead atoms. The molecule has 0 saturated carbocycles. The van der Waals surface area contributed by atoms with E-state index in [0.717, 1.165) is 18.6 Å². The number of carboxylic acids is 1. The second-order valence-electron chi connectivity index (χ2n) is 8.00. The second-order valence-corrected chi connectivity index (χ2v) is 8.00. The van der Waals surface area contributed by atoms with E-state index < -0.39 is 5.97 Å². The molecule has 0 aromatic heterocycles. The first kappa shape index (κ1) is 25.7. The Kier molecular flexibility index (Phi) is 10.7. The minimum Gasteiger partial charge on any atom is -0.493 e. The highest BCUT2D eigenvalue weighted by Gasteiger charge is 2.12. The number of hydrogen-bond acceptors (Lipinski definition) is 4. The minimum absolute atomic E-state index is 0.0219. The number of nitrogens with one attached hydrogen (secondary N) is 1. The number of rotatable bonds is 13. The van der Waals surface area contributed by atoms with Gasteiger partial charge in [-0.15, -0.1) is 0 Å². The zero-order chi connectivity index (χ0) is 24.1. The fourth-order valence-corrected chi connectivity index (χ4v) is 2.99. The van der Waals surface area contributed by atoms with Gasteiger partial charge in [0.1, 0.15) is 18.1 Å². The number of para-hydroxylation sites is 1. The van der Waals surface area contributed by atoms with Crippen molar-refractivity contribution in [1.82, 2.24) is 0 Å². The smallest absolute Gasteiger partial charge is 0.303 e. The monoisotopic (exact) mass is 451 g/mol. The Morgan fingerprint density at radius 1 is 0.939 bits per heavy atom. The van der Waals surface area contributed by atoms with Gasteiger partial charge in [0.15, 0.2) is 0 Å². The van der Waals surface area contributed by atoms with E-state index in [-0.39, 0.29) is 18.9 Å². The van der Waals surface area contributed by atoms with Crippen LogP contribution in [0.5, 0.6) is 11.5 Å². The van der Waals surface area contributed by atoms with Crippen LogP contribution >= 0.6 is 0 Å². The Bertz CT molecular complexity index is 972. The van der Waals surface area contributed by atoms with Gasteiger partial charge in [0, 0.05) is 12.1 Å². The van der Waals surface area contributed by atoms with E-state index in [4.69, 9.17) is 14.6 Å². The van der Waals surface area contributed by atoms with Crippen molar-refractivity contribution in [3.63, 3.8) is 0 Å². The van der Waals surface area contributed by atoms with Crippen LogP contribution in [0.2, 0.25) is 0 Å². The number of amides is 1. The molecule has 33 heavy (non-hydrogen) atoms. The van der Waals surface area contributed by atoms with Gasteiger partial charge in [-0.05, 0) is 82.5 Å². The third-order valence-electron chi connectivity index (χ3n) is 4.81. The summed E-state index contributed by atoms with van der Waals surface area (Å²) in [6.45, 7) is 7.04. The Morgan fingerprint density at radius 3 is 2.36 bits per heavy atom. The average Bonchev–Trinajstić information content (AvgIpc) is 2.78. The summed E-state index contributed by atoms with van der Waals surface area (Å²) in [5.41, 5.74) is 3.65. The first-order chi connectivity index (χ1) is 15.8. The van der Waals surface area contributed by atoms with Crippen LogP contribution < -0.4 is 14.8 Å². The number of aliphatic carboxylic acids is 1. The van der Waals surface area contributed by atoms with E-state index in [1.165, 1.54) is 11.1 Å². The zero-order valence-electron chi connectivity index (χ0n) is 19.6. The quantitative estimate of drug-likeness (QED) is 0.278. The molecule has 2 N–H and O–H groups in total. The summed E-state index contributed by atoms with van der Waals surface area (Å²) in [6.07, 6.45) is 6.77. The van der Waals surface area contributed by atoms with Gasteiger partial charge in [0.05, 0.1) is 12.2 Å². The van der Waals surface area contributed by atoms with E-state index in [2.05, 4.69) is 38.2 Å². The molecular formula is C27H33NO5. The van der Waals surface area contributed by atoms with Gasteiger partial charge in [-0.2, -0.15) is 0 Å². The van der Waals surface area contributed by atoms with Gasteiger partial charge < -0.3 is 19.9 Å². The maximum Gasteiger partial charge on any atom is 0.303 e. The van der Waals surface area contributed by atoms with E-state index >= 15 is 0 Å². The summed E-state index contributed by atoms with van der Waals surface area (Å²) in [7, 11) is 0. The van der Waals surface area contributed by atoms with Gasteiger partial charge >= 0.3 is 5.97 Å². The van der Waals surface area contributed by atoms with Crippen LogP contribution in [0.4, 0.5) is 5.69 Å². The summed E-state index contributed by atoms with van der Waals surface area (Å²) in [5.74, 6) is -0.0225. The number of ether oxygens (including phenoxy) is 2. The molecule has 0 fully saturated rings. The molecule has 0 spiro atoms. The fraction of sp³-hybridized carbons (Fsp3) is 0.333. The van der Waals surface area contributed by atoms with Crippen LogP contribution in [-0.4, -0.2) is 30.2 Å².